The van der Waals surface area contributed by atoms with Crippen LogP contribution < -0.4 is 10.1 Å². The van der Waals surface area contributed by atoms with Crippen molar-refractivity contribution in [2.24, 2.45) is 0 Å². The summed E-state index contributed by atoms with van der Waals surface area (Å²) in [6.07, 6.45) is 0.838. The molecule has 0 saturated carbocycles. The number of carboxylic acid groups (broad SMARTS) is 1. The number of ether oxygens (including phenoxy) is 1. The molecule has 0 spiro atoms. The molecule has 0 fully saturated rings. The van der Waals surface area contributed by atoms with Crippen molar-refractivity contribution >= 4 is 11.7 Å². The van der Waals surface area contributed by atoms with E-state index in [1.165, 1.54) is 0 Å². The standard InChI is InChI=1S/C16H17NO3/c1-20-15-5-3-2-4-12(15)10-11-17-14-8-6-13(7-9-14)16(18)19/h2-9,17H,10-11H2,1H3,(H,18,19). The van der Waals surface area contributed by atoms with E-state index in [9.17, 15) is 4.79 Å². The summed E-state index contributed by atoms with van der Waals surface area (Å²) in [4.78, 5) is 10.7. The predicted octanol–water partition coefficient (Wildman–Crippen LogP) is 3.05. The maximum Gasteiger partial charge on any atom is 0.335 e. The molecule has 2 aromatic rings. The van der Waals surface area contributed by atoms with E-state index < -0.39 is 5.97 Å². The van der Waals surface area contributed by atoms with Crippen molar-refractivity contribution in [3.05, 3.63) is 59.7 Å². The Kier molecular flexibility index (Phi) is 4.60. The van der Waals surface area contributed by atoms with Gasteiger partial charge in [0.1, 0.15) is 5.75 Å². The number of methoxy groups -OCH3 is 1. The number of carboxylic acids is 1. The second-order valence-electron chi connectivity index (χ2n) is 4.37. The van der Waals surface area contributed by atoms with Gasteiger partial charge in [-0.2, -0.15) is 0 Å². The molecule has 0 aliphatic carbocycles. The molecule has 0 atom stereocenters. The van der Waals surface area contributed by atoms with Crippen LogP contribution in [0, 0.1) is 0 Å². The minimum absolute atomic E-state index is 0.292. The lowest BCUT2D eigenvalue weighted by Crippen LogP contribution is -2.06. The van der Waals surface area contributed by atoms with Gasteiger partial charge in [-0.1, -0.05) is 18.2 Å². The monoisotopic (exact) mass is 271 g/mol. The molecule has 0 aromatic heterocycles. The summed E-state index contributed by atoms with van der Waals surface area (Å²) >= 11 is 0. The maximum absolute atomic E-state index is 10.7. The zero-order chi connectivity index (χ0) is 14.4. The number of nitrogens with one attached hydrogen (secondary N) is 1. The van der Waals surface area contributed by atoms with Gasteiger partial charge in [0.2, 0.25) is 0 Å². The molecule has 0 radical (unpaired) electrons. The van der Waals surface area contributed by atoms with E-state index in [4.69, 9.17) is 9.84 Å². The molecule has 2 N–H and O–H groups in total. The first-order valence-electron chi connectivity index (χ1n) is 6.40. The van der Waals surface area contributed by atoms with E-state index in [0.29, 0.717) is 5.56 Å². The molecule has 0 saturated heterocycles. The smallest absolute Gasteiger partial charge is 0.335 e. The topological polar surface area (TPSA) is 58.6 Å². The fraction of sp³-hybridized carbons (Fsp3) is 0.188. The lowest BCUT2D eigenvalue weighted by Gasteiger charge is -2.10. The average Bonchev–Trinajstić information content (AvgIpc) is 2.48. The Morgan fingerprint density at radius 3 is 2.50 bits per heavy atom. The number of benzene rings is 2. The Morgan fingerprint density at radius 1 is 1.15 bits per heavy atom. The molecule has 0 unspecified atom stereocenters. The van der Waals surface area contributed by atoms with Crippen LogP contribution in [0.2, 0.25) is 0 Å². The van der Waals surface area contributed by atoms with Crippen LogP contribution in [0.15, 0.2) is 48.5 Å². The lowest BCUT2D eigenvalue weighted by molar-refractivity contribution is 0.0697. The Morgan fingerprint density at radius 2 is 1.85 bits per heavy atom. The second-order valence-corrected chi connectivity index (χ2v) is 4.37. The molecular formula is C16H17NO3. The third kappa shape index (κ3) is 3.51. The molecule has 0 heterocycles. The van der Waals surface area contributed by atoms with Crippen LogP contribution in [0.1, 0.15) is 15.9 Å². The molecule has 2 rings (SSSR count). The van der Waals surface area contributed by atoms with Gasteiger partial charge in [0.25, 0.3) is 0 Å². The van der Waals surface area contributed by atoms with Crippen molar-refractivity contribution in [3.63, 3.8) is 0 Å². The second kappa shape index (κ2) is 6.61. The van der Waals surface area contributed by atoms with Gasteiger partial charge in [-0.25, -0.2) is 4.79 Å². The molecule has 2 aromatic carbocycles. The molecule has 104 valence electrons. The van der Waals surface area contributed by atoms with Gasteiger partial charge < -0.3 is 15.2 Å². The van der Waals surface area contributed by atoms with Crippen LogP contribution in [-0.2, 0) is 6.42 Å². The van der Waals surface area contributed by atoms with Crippen molar-refractivity contribution in [1.29, 1.82) is 0 Å². The van der Waals surface area contributed by atoms with E-state index in [1.807, 2.05) is 24.3 Å². The summed E-state index contributed by atoms with van der Waals surface area (Å²) in [7, 11) is 1.66. The minimum Gasteiger partial charge on any atom is -0.496 e. The van der Waals surface area contributed by atoms with Gasteiger partial charge in [-0.15, -0.1) is 0 Å². The van der Waals surface area contributed by atoms with Crippen molar-refractivity contribution in [1.82, 2.24) is 0 Å². The van der Waals surface area contributed by atoms with E-state index >= 15 is 0 Å². The first-order chi connectivity index (χ1) is 9.70. The highest BCUT2D eigenvalue weighted by atomic mass is 16.5. The van der Waals surface area contributed by atoms with Gasteiger partial charge >= 0.3 is 5.97 Å². The Hall–Kier alpha value is -2.49. The van der Waals surface area contributed by atoms with Gasteiger partial charge in [-0.3, -0.25) is 0 Å². The molecule has 4 nitrogen and oxygen atoms in total. The number of anilines is 1. The number of carbonyl (C=O) groups is 1. The first kappa shape index (κ1) is 13.9. The normalized spacial score (nSPS) is 10.1. The first-order valence-corrected chi connectivity index (χ1v) is 6.40. The molecule has 4 heteroatoms. The number of hydrogen-bond acceptors (Lipinski definition) is 3. The fourth-order valence-corrected chi connectivity index (χ4v) is 1.98. The van der Waals surface area contributed by atoms with E-state index in [-0.39, 0.29) is 0 Å². The van der Waals surface area contributed by atoms with E-state index in [0.717, 1.165) is 30.0 Å². The molecule has 0 aliphatic heterocycles. The largest absolute Gasteiger partial charge is 0.496 e. The van der Waals surface area contributed by atoms with Gasteiger partial charge in [0.05, 0.1) is 12.7 Å². The van der Waals surface area contributed by atoms with Crippen LogP contribution in [0.5, 0.6) is 5.75 Å². The minimum atomic E-state index is -0.912. The highest BCUT2D eigenvalue weighted by Crippen LogP contribution is 2.18. The predicted molar refractivity (Wildman–Crippen MR) is 78.6 cm³/mol. The van der Waals surface area contributed by atoms with Crippen molar-refractivity contribution in [3.8, 4) is 5.75 Å². The van der Waals surface area contributed by atoms with Crippen LogP contribution in [0.3, 0.4) is 0 Å². The summed E-state index contributed by atoms with van der Waals surface area (Å²) in [6.45, 7) is 0.757. The maximum atomic E-state index is 10.7. The third-order valence-electron chi connectivity index (χ3n) is 3.05. The fourth-order valence-electron chi connectivity index (χ4n) is 1.98. The van der Waals surface area contributed by atoms with Crippen molar-refractivity contribution in [2.75, 3.05) is 19.0 Å². The number of para-hydroxylation sites is 1. The summed E-state index contributed by atoms with van der Waals surface area (Å²) < 4.78 is 5.30. The lowest BCUT2D eigenvalue weighted by atomic mass is 10.1. The zero-order valence-corrected chi connectivity index (χ0v) is 11.3. The van der Waals surface area contributed by atoms with Crippen molar-refractivity contribution < 1.29 is 14.6 Å². The van der Waals surface area contributed by atoms with Crippen LogP contribution in [0.25, 0.3) is 0 Å². The Labute approximate surface area is 118 Å². The summed E-state index contributed by atoms with van der Waals surface area (Å²) in [6, 6.07) is 14.6. The van der Waals surface area contributed by atoms with Gasteiger partial charge in [-0.05, 0) is 42.3 Å². The summed E-state index contributed by atoms with van der Waals surface area (Å²) in [5, 5.41) is 12.1. The highest BCUT2D eigenvalue weighted by Gasteiger charge is 2.03. The zero-order valence-electron chi connectivity index (χ0n) is 11.3. The average molecular weight is 271 g/mol. The van der Waals surface area contributed by atoms with Crippen LogP contribution in [-0.4, -0.2) is 24.7 Å². The van der Waals surface area contributed by atoms with Gasteiger partial charge in [0, 0.05) is 12.2 Å². The molecule has 0 aliphatic rings. The van der Waals surface area contributed by atoms with Crippen LogP contribution in [0.4, 0.5) is 5.69 Å². The van der Waals surface area contributed by atoms with E-state index in [1.54, 1.807) is 31.4 Å². The Bertz CT molecular complexity index is 579. The summed E-state index contributed by atoms with van der Waals surface area (Å²) in [5.74, 6) is -0.0268. The van der Waals surface area contributed by atoms with E-state index in [2.05, 4.69) is 5.32 Å². The number of aromatic carboxylic acids is 1. The highest BCUT2D eigenvalue weighted by molar-refractivity contribution is 5.87. The number of hydrogen-bond donors (Lipinski definition) is 2. The molecular weight excluding hydrogens is 254 g/mol. The Balaban J connectivity index is 1.91. The van der Waals surface area contributed by atoms with Gasteiger partial charge in [0.15, 0.2) is 0 Å². The number of rotatable bonds is 6. The molecule has 20 heavy (non-hydrogen) atoms. The SMILES string of the molecule is COc1ccccc1CCNc1ccc(C(=O)O)cc1. The molecule has 0 bridgehead atoms. The third-order valence-corrected chi connectivity index (χ3v) is 3.05. The quantitative estimate of drug-likeness (QED) is 0.847. The van der Waals surface area contributed by atoms with Crippen LogP contribution >= 0.6 is 0 Å². The van der Waals surface area contributed by atoms with Crippen molar-refractivity contribution in [2.45, 2.75) is 6.42 Å². The molecule has 0 amide bonds. The summed E-state index contributed by atoms with van der Waals surface area (Å²) in [5.41, 5.74) is 2.34.